The van der Waals surface area contributed by atoms with E-state index in [9.17, 15) is 32.7 Å². The molecular weight excluding hydrogens is 676 g/mol. The van der Waals surface area contributed by atoms with Crippen molar-refractivity contribution in [2.24, 2.45) is 16.9 Å². The minimum absolute atomic E-state index is 0.0000669. The number of carbonyl (C=O) groups is 4. The number of sulfonamides is 1. The van der Waals surface area contributed by atoms with Gasteiger partial charge < -0.3 is 25.8 Å². The summed E-state index contributed by atoms with van der Waals surface area (Å²) in [4.78, 5) is 53.1. The van der Waals surface area contributed by atoms with E-state index in [1.807, 2.05) is 20.8 Å². The van der Waals surface area contributed by atoms with Gasteiger partial charge in [0.05, 0.1) is 11.1 Å². The zero-order valence-electron chi connectivity index (χ0n) is 30.8. The molecular formula is C36H54N6O8S. The van der Waals surface area contributed by atoms with Crippen LogP contribution in [-0.4, -0.2) is 73.8 Å². The molecule has 0 aliphatic carbocycles. The van der Waals surface area contributed by atoms with E-state index < -0.39 is 57.6 Å². The molecule has 2 rings (SSSR count). The maximum atomic E-state index is 13.7. The number of unbranched alkanes of at least 4 members (excludes halogenated alkanes) is 1. The number of ether oxygens (including phenoxy) is 1. The van der Waals surface area contributed by atoms with Gasteiger partial charge in [-0.15, -0.1) is 0 Å². The second-order valence-electron chi connectivity index (χ2n) is 14.2. The van der Waals surface area contributed by atoms with E-state index in [0.717, 1.165) is 5.56 Å². The summed E-state index contributed by atoms with van der Waals surface area (Å²) in [5, 5.41) is 21.5. The van der Waals surface area contributed by atoms with E-state index in [2.05, 4.69) is 31.2 Å². The number of benzene rings is 2. The fourth-order valence-corrected chi connectivity index (χ4v) is 5.84. The van der Waals surface area contributed by atoms with Gasteiger partial charge in [-0.05, 0) is 107 Å². The third-order valence-corrected chi connectivity index (χ3v) is 8.90. The lowest BCUT2D eigenvalue weighted by molar-refractivity contribution is -0.133. The highest BCUT2D eigenvalue weighted by Gasteiger charge is 2.32. The van der Waals surface area contributed by atoms with Gasteiger partial charge in [-0.25, -0.2) is 23.4 Å². The number of amides is 4. The molecule has 0 bridgehead atoms. The summed E-state index contributed by atoms with van der Waals surface area (Å²) in [6, 6.07) is 9.46. The number of nitrogens with zero attached hydrogens (tertiary/aromatic N) is 1. The monoisotopic (exact) mass is 730 g/mol. The number of aryl methyl sites for hydroxylation is 1. The smallest absolute Gasteiger partial charge is 0.408 e. The van der Waals surface area contributed by atoms with Crippen LogP contribution in [0.3, 0.4) is 0 Å². The lowest BCUT2D eigenvalue weighted by atomic mass is 10.0. The summed E-state index contributed by atoms with van der Waals surface area (Å²) < 4.78 is 33.3. The molecule has 0 spiro atoms. The number of hydrazone groups is 1. The summed E-state index contributed by atoms with van der Waals surface area (Å²) in [7, 11) is -3.74. The summed E-state index contributed by atoms with van der Waals surface area (Å²) >= 11 is 0. The summed E-state index contributed by atoms with van der Waals surface area (Å²) in [6.45, 7) is 14.3. The van der Waals surface area contributed by atoms with Crippen LogP contribution in [0, 0.1) is 18.8 Å². The average Bonchev–Trinajstić information content (AvgIpc) is 3.02. The molecule has 0 aromatic heterocycles. The zero-order chi connectivity index (χ0) is 38.4. The normalized spacial score (nSPS) is 13.8. The third-order valence-electron chi connectivity index (χ3n) is 7.42. The highest BCUT2D eigenvalue weighted by Crippen LogP contribution is 2.13. The predicted octanol–water partition coefficient (Wildman–Crippen LogP) is 3.86. The minimum atomic E-state index is -3.74. The molecule has 0 aliphatic rings. The topological polar surface area (TPSA) is 204 Å². The summed E-state index contributed by atoms with van der Waals surface area (Å²) in [6.07, 6.45) is 1.65. The van der Waals surface area contributed by atoms with Crippen molar-refractivity contribution < 1.29 is 37.4 Å². The fourth-order valence-electron chi connectivity index (χ4n) is 4.76. The second kappa shape index (κ2) is 19.8. The maximum absolute atomic E-state index is 13.7. The van der Waals surface area contributed by atoms with Gasteiger partial charge in [0, 0.05) is 6.54 Å². The summed E-state index contributed by atoms with van der Waals surface area (Å²) in [5.41, 5.74) is 3.19. The SMILES string of the molecule is Cc1ccc(S(=O)(=O)NCCCC[C@H](NC(=O)[C@@H](NC(=O)OC(C)(C)C)C(C)C)C(=O)N[C@@H](CC(C)C)C(=O)N/N=C/c2ccc(O)cc2)cc1. The molecule has 0 aliphatic heterocycles. The first kappa shape index (κ1) is 42.7. The molecule has 0 saturated heterocycles. The first-order valence-electron chi connectivity index (χ1n) is 17.1. The van der Waals surface area contributed by atoms with E-state index in [-0.39, 0.29) is 41.9 Å². The first-order valence-corrected chi connectivity index (χ1v) is 18.5. The fraction of sp³-hybridized carbons (Fsp3) is 0.528. The van der Waals surface area contributed by atoms with Crippen molar-refractivity contribution in [1.29, 1.82) is 0 Å². The van der Waals surface area contributed by atoms with Gasteiger partial charge in [-0.3, -0.25) is 14.4 Å². The number of phenolic OH excluding ortho intramolecular Hbond substituents is 1. The van der Waals surface area contributed by atoms with Crippen LogP contribution in [0.1, 0.15) is 85.3 Å². The zero-order valence-corrected chi connectivity index (χ0v) is 31.6. The highest BCUT2D eigenvalue weighted by molar-refractivity contribution is 7.89. The molecule has 3 atom stereocenters. The van der Waals surface area contributed by atoms with Crippen molar-refractivity contribution in [3.8, 4) is 5.75 Å². The van der Waals surface area contributed by atoms with E-state index in [4.69, 9.17) is 4.74 Å². The van der Waals surface area contributed by atoms with Crippen molar-refractivity contribution in [3.05, 3.63) is 59.7 Å². The molecule has 0 heterocycles. The average molecular weight is 731 g/mol. The van der Waals surface area contributed by atoms with Crippen LogP contribution in [0.4, 0.5) is 4.79 Å². The molecule has 51 heavy (non-hydrogen) atoms. The Morgan fingerprint density at radius 1 is 0.843 bits per heavy atom. The lowest BCUT2D eigenvalue weighted by Crippen LogP contribution is -2.57. The van der Waals surface area contributed by atoms with Crippen molar-refractivity contribution >= 4 is 40.1 Å². The Balaban J connectivity index is 2.20. The number of rotatable bonds is 18. The van der Waals surface area contributed by atoms with Gasteiger partial charge in [0.2, 0.25) is 21.8 Å². The Hall–Kier alpha value is -4.50. The van der Waals surface area contributed by atoms with Crippen LogP contribution < -0.4 is 26.1 Å². The number of hydrogen-bond acceptors (Lipinski definition) is 9. The Bertz CT molecular complexity index is 1590. The molecule has 0 fully saturated rings. The number of hydrogen-bond donors (Lipinski definition) is 6. The first-order chi connectivity index (χ1) is 23.8. The molecule has 0 unspecified atom stereocenters. The van der Waals surface area contributed by atoms with Gasteiger partial charge in [-0.2, -0.15) is 5.10 Å². The van der Waals surface area contributed by atoms with Crippen molar-refractivity contribution in [3.63, 3.8) is 0 Å². The standard InChI is InChI=1S/C36H54N6O8S/c1-23(2)21-30(33(45)42-37-22-26-14-16-27(43)17-15-26)40-32(44)29(39-34(46)31(24(3)4)41-35(47)50-36(6,7)8)11-9-10-20-38-51(48,49)28-18-12-25(5)13-19-28/h12-19,22-24,29-31,38,43H,9-11,20-21H2,1-8H3,(H,39,46)(H,40,44)(H,41,47)(H,42,45)/b37-22+/t29-,30-,31-/m0/s1. The number of nitrogens with one attached hydrogen (secondary N) is 5. The van der Waals surface area contributed by atoms with E-state index in [0.29, 0.717) is 18.4 Å². The number of carbonyl (C=O) groups excluding carboxylic acids is 4. The molecule has 0 radical (unpaired) electrons. The Kier molecular flexibility index (Phi) is 16.5. The van der Waals surface area contributed by atoms with Gasteiger partial charge in [0.1, 0.15) is 29.5 Å². The van der Waals surface area contributed by atoms with Crippen LogP contribution in [0.2, 0.25) is 0 Å². The predicted molar refractivity (Wildman–Crippen MR) is 195 cm³/mol. The maximum Gasteiger partial charge on any atom is 0.408 e. The quantitative estimate of drug-likeness (QED) is 0.0753. The van der Waals surface area contributed by atoms with Crippen LogP contribution in [0.5, 0.6) is 5.75 Å². The molecule has 2 aromatic rings. The molecule has 282 valence electrons. The third kappa shape index (κ3) is 15.9. The van der Waals surface area contributed by atoms with E-state index in [1.165, 1.54) is 30.5 Å². The van der Waals surface area contributed by atoms with Crippen LogP contribution >= 0.6 is 0 Å². The Morgan fingerprint density at radius 3 is 2.02 bits per heavy atom. The number of phenols is 1. The summed E-state index contributed by atoms with van der Waals surface area (Å²) in [5.74, 6) is -2.12. The van der Waals surface area contributed by atoms with Crippen LogP contribution in [-0.2, 0) is 29.1 Å². The largest absolute Gasteiger partial charge is 0.508 e. The van der Waals surface area contributed by atoms with Gasteiger partial charge in [0.15, 0.2) is 0 Å². The molecule has 14 nitrogen and oxygen atoms in total. The molecule has 0 saturated carbocycles. The van der Waals surface area contributed by atoms with E-state index in [1.54, 1.807) is 58.9 Å². The number of alkyl carbamates (subject to hydrolysis) is 1. The Morgan fingerprint density at radius 2 is 1.45 bits per heavy atom. The van der Waals surface area contributed by atoms with Gasteiger partial charge >= 0.3 is 6.09 Å². The minimum Gasteiger partial charge on any atom is -0.508 e. The van der Waals surface area contributed by atoms with Gasteiger partial charge in [0.25, 0.3) is 5.91 Å². The van der Waals surface area contributed by atoms with Crippen molar-refractivity contribution in [2.45, 2.75) is 110 Å². The van der Waals surface area contributed by atoms with Gasteiger partial charge in [-0.1, -0.05) is 45.4 Å². The molecule has 2 aromatic carbocycles. The number of aromatic hydroxyl groups is 1. The Labute approximate surface area is 301 Å². The molecule has 4 amide bonds. The lowest BCUT2D eigenvalue weighted by Gasteiger charge is -2.28. The molecule has 6 N–H and O–H groups in total. The van der Waals surface area contributed by atoms with Crippen LogP contribution in [0.25, 0.3) is 0 Å². The van der Waals surface area contributed by atoms with Crippen LogP contribution in [0.15, 0.2) is 58.5 Å². The second-order valence-corrected chi connectivity index (χ2v) is 15.9. The molecule has 15 heteroatoms. The highest BCUT2D eigenvalue weighted by atomic mass is 32.2. The van der Waals surface area contributed by atoms with E-state index >= 15 is 0 Å². The van der Waals surface area contributed by atoms with Crippen molar-refractivity contribution in [1.82, 2.24) is 26.1 Å². The van der Waals surface area contributed by atoms with Crippen molar-refractivity contribution in [2.75, 3.05) is 6.54 Å².